The Labute approximate surface area is 109 Å². The summed E-state index contributed by atoms with van der Waals surface area (Å²) in [7, 11) is 1.43. The van der Waals surface area contributed by atoms with E-state index in [4.69, 9.17) is 4.74 Å². The summed E-state index contributed by atoms with van der Waals surface area (Å²) in [6.45, 7) is 4.06. The SMILES string of the molecule is CCCC(C)C(=O)NC1CCC(C(=O)OC)CC1. The number of ether oxygens (including phenoxy) is 1. The molecule has 104 valence electrons. The van der Waals surface area contributed by atoms with Crippen LogP contribution in [0.2, 0.25) is 0 Å². The Morgan fingerprint density at radius 2 is 1.89 bits per heavy atom. The van der Waals surface area contributed by atoms with E-state index in [1.807, 2.05) is 6.92 Å². The molecule has 0 aromatic carbocycles. The van der Waals surface area contributed by atoms with Gasteiger partial charge in [0.25, 0.3) is 0 Å². The monoisotopic (exact) mass is 255 g/mol. The molecule has 4 nitrogen and oxygen atoms in total. The maximum Gasteiger partial charge on any atom is 0.308 e. The molecule has 1 unspecified atom stereocenters. The molecule has 1 aliphatic carbocycles. The summed E-state index contributed by atoms with van der Waals surface area (Å²) in [4.78, 5) is 23.2. The molecule has 1 aliphatic rings. The van der Waals surface area contributed by atoms with Crippen LogP contribution in [0.25, 0.3) is 0 Å². The summed E-state index contributed by atoms with van der Waals surface area (Å²) in [5, 5.41) is 3.09. The van der Waals surface area contributed by atoms with Crippen LogP contribution < -0.4 is 5.32 Å². The van der Waals surface area contributed by atoms with E-state index in [1.165, 1.54) is 7.11 Å². The molecular formula is C14H25NO3. The molecule has 0 bridgehead atoms. The number of nitrogens with one attached hydrogen (secondary N) is 1. The third kappa shape index (κ3) is 4.31. The molecular weight excluding hydrogens is 230 g/mol. The summed E-state index contributed by atoms with van der Waals surface area (Å²) < 4.78 is 4.75. The Hall–Kier alpha value is -1.06. The van der Waals surface area contributed by atoms with Crippen molar-refractivity contribution in [2.24, 2.45) is 11.8 Å². The van der Waals surface area contributed by atoms with Gasteiger partial charge in [0.2, 0.25) is 5.91 Å². The lowest BCUT2D eigenvalue weighted by molar-refractivity contribution is -0.146. The minimum Gasteiger partial charge on any atom is -0.469 e. The lowest BCUT2D eigenvalue weighted by atomic mass is 9.86. The number of methoxy groups -OCH3 is 1. The maximum absolute atomic E-state index is 11.9. The van der Waals surface area contributed by atoms with Crippen molar-refractivity contribution in [3.63, 3.8) is 0 Å². The van der Waals surface area contributed by atoms with Gasteiger partial charge in [-0.05, 0) is 32.1 Å². The summed E-state index contributed by atoms with van der Waals surface area (Å²) in [6.07, 6.45) is 5.36. The van der Waals surface area contributed by atoms with Gasteiger partial charge in [-0.3, -0.25) is 9.59 Å². The quantitative estimate of drug-likeness (QED) is 0.767. The van der Waals surface area contributed by atoms with Gasteiger partial charge in [0.05, 0.1) is 13.0 Å². The number of rotatable bonds is 5. The summed E-state index contributed by atoms with van der Waals surface area (Å²) >= 11 is 0. The van der Waals surface area contributed by atoms with Crippen molar-refractivity contribution in [1.82, 2.24) is 5.32 Å². The predicted octanol–water partition coefficient (Wildman–Crippen LogP) is 2.27. The fraction of sp³-hybridized carbons (Fsp3) is 0.857. The molecule has 18 heavy (non-hydrogen) atoms. The van der Waals surface area contributed by atoms with Gasteiger partial charge in [0.15, 0.2) is 0 Å². The van der Waals surface area contributed by atoms with Crippen LogP contribution in [0.3, 0.4) is 0 Å². The Morgan fingerprint density at radius 3 is 2.39 bits per heavy atom. The minimum atomic E-state index is -0.112. The van der Waals surface area contributed by atoms with Gasteiger partial charge in [0, 0.05) is 12.0 Å². The van der Waals surface area contributed by atoms with Crippen molar-refractivity contribution in [2.45, 2.75) is 58.4 Å². The van der Waals surface area contributed by atoms with Crippen molar-refractivity contribution in [1.29, 1.82) is 0 Å². The van der Waals surface area contributed by atoms with E-state index in [2.05, 4.69) is 12.2 Å². The number of esters is 1. The maximum atomic E-state index is 11.9. The van der Waals surface area contributed by atoms with Gasteiger partial charge in [-0.2, -0.15) is 0 Å². The van der Waals surface area contributed by atoms with E-state index in [0.29, 0.717) is 0 Å². The Bertz CT molecular complexity index is 283. The van der Waals surface area contributed by atoms with E-state index >= 15 is 0 Å². The summed E-state index contributed by atoms with van der Waals surface area (Å²) in [6, 6.07) is 0.234. The van der Waals surface area contributed by atoms with Crippen molar-refractivity contribution >= 4 is 11.9 Å². The lowest BCUT2D eigenvalue weighted by Crippen LogP contribution is -2.41. The smallest absolute Gasteiger partial charge is 0.308 e. The van der Waals surface area contributed by atoms with Crippen LogP contribution in [-0.4, -0.2) is 25.0 Å². The van der Waals surface area contributed by atoms with Crippen LogP contribution >= 0.6 is 0 Å². The van der Waals surface area contributed by atoms with Crippen molar-refractivity contribution in [2.75, 3.05) is 7.11 Å². The molecule has 0 heterocycles. The Balaban J connectivity index is 2.31. The molecule has 1 amide bonds. The number of hydrogen-bond donors (Lipinski definition) is 1. The second-order valence-corrected chi connectivity index (χ2v) is 5.27. The first-order chi connectivity index (χ1) is 8.58. The summed E-state index contributed by atoms with van der Waals surface area (Å²) in [5.74, 6) is 0.155. The fourth-order valence-corrected chi connectivity index (χ4v) is 2.55. The van der Waals surface area contributed by atoms with Crippen LogP contribution in [0.1, 0.15) is 52.4 Å². The molecule has 0 aromatic rings. The second-order valence-electron chi connectivity index (χ2n) is 5.27. The highest BCUT2D eigenvalue weighted by molar-refractivity contribution is 5.78. The van der Waals surface area contributed by atoms with E-state index < -0.39 is 0 Å². The first-order valence-corrected chi connectivity index (χ1v) is 6.96. The van der Waals surface area contributed by atoms with E-state index in [9.17, 15) is 9.59 Å². The second kappa shape index (κ2) is 7.39. The van der Waals surface area contributed by atoms with Crippen LogP contribution in [-0.2, 0) is 14.3 Å². The normalized spacial score (nSPS) is 25.3. The number of amides is 1. The summed E-state index contributed by atoms with van der Waals surface area (Å²) in [5.41, 5.74) is 0. The molecule has 1 atom stereocenters. The predicted molar refractivity (Wildman–Crippen MR) is 70.0 cm³/mol. The number of hydrogen-bond acceptors (Lipinski definition) is 3. The van der Waals surface area contributed by atoms with Crippen molar-refractivity contribution < 1.29 is 14.3 Å². The molecule has 4 heteroatoms. The molecule has 0 aromatic heterocycles. The zero-order chi connectivity index (χ0) is 13.5. The standard InChI is InChI=1S/C14H25NO3/c1-4-5-10(2)13(16)15-12-8-6-11(7-9-12)14(17)18-3/h10-12H,4-9H2,1-3H3,(H,15,16). The molecule has 1 saturated carbocycles. The zero-order valence-electron chi connectivity index (χ0n) is 11.7. The molecule has 1 fully saturated rings. The van der Waals surface area contributed by atoms with E-state index in [-0.39, 0.29) is 29.8 Å². The van der Waals surface area contributed by atoms with E-state index in [1.54, 1.807) is 0 Å². The minimum absolute atomic E-state index is 0.0243. The van der Waals surface area contributed by atoms with E-state index in [0.717, 1.165) is 38.5 Å². The van der Waals surface area contributed by atoms with Gasteiger partial charge in [0.1, 0.15) is 0 Å². The number of carbonyl (C=O) groups excluding carboxylic acids is 2. The van der Waals surface area contributed by atoms with Gasteiger partial charge < -0.3 is 10.1 Å². The topological polar surface area (TPSA) is 55.4 Å². The molecule has 0 saturated heterocycles. The van der Waals surface area contributed by atoms with Crippen LogP contribution in [0.5, 0.6) is 0 Å². The average molecular weight is 255 g/mol. The van der Waals surface area contributed by atoms with Gasteiger partial charge in [-0.15, -0.1) is 0 Å². The third-order valence-corrected chi connectivity index (χ3v) is 3.78. The zero-order valence-corrected chi connectivity index (χ0v) is 11.7. The molecule has 0 aliphatic heterocycles. The fourth-order valence-electron chi connectivity index (χ4n) is 2.55. The molecule has 0 radical (unpaired) electrons. The highest BCUT2D eigenvalue weighted by Crippen LogP contribution is 2.25. The average Bonchev–Trinajstić information content (AvgIpc) is 2.39. The third-order valence-electron chi connectivity index (χ3n) is 3.78. The van der Waals surface area contributed by atoms with Crippen molar-refractivity contribution in [3.05, 3.63) is 0 Å². The molecule has 1 N–H and O–H groups in total. The van der Waals surface area contributed by atoms with Crippen LogP contribution in [0, 0.1) is 11.8 Å². The molecule has 0 spiro atoms. The van der Waals surface area contributed by atoms with Crippen molar-refractivity contribution in [3.8, 4) is 0 Å². The van der Waals surface area contributed by atoms with Crippen LogP contribution in [0.4, 0.5) is 0 Å². The highest BCUT2D eigenvalue weighted by Gasteiger charge is 2.28. The first kappa shape index (κ1) is 15.0. The Morgan fingerprint density at radius 1 is 1.28 bits per heavy atom. The Kier molecular flexibility index (Phi) is 6.16. The number of carbonyl (C=O) groups is 2. The van der Waals surface area contributed by atoms with Gasteiger partial charge in [-0.25, -0.2) is 0 Å². The van der Waals surface area contributed by atoms with Gasteiger partial charge >= 0.3 is 5.97 Å². The lowest BCUT2D eigenvalue weighted by Gasteiger charge is -2.28. The largest absolute Gasteiger partial charge is 0.469 e. The highest BCUT2D eigenvalue weighted by atomic mass is 16.5. The molecule has 1 rings (SSSR count). The van der Waals surface area contributed by atoms with Gasteiger partial charge in [-0.1, -0.05) is 20.3 Å². The van der Waals surface area contributed by atoms with Crippen LogP contribution in [0.15, 0.2) is 0 Å². The first-order valence-electron chi connectivity index (χ1n) is 6.96.